The van der Waals surface area contributed by atoms with Crippen LogP contribution in [0.1, 0.15) is 45.4 Å². The Kier molecular flexibility index (Phi) is 7.62. The number of unbranched alkanes of at least 4 members (excludes halogenated alkanes) is 2. The molecule has 0 unspecified atom stereocenters. The molecule has 1 atom stereocenters. The van der Waals surface area contributed by atoms with Gasteiger partial charge in [-0.3, -0.25) is 0 Å². The van der Waals surface area contributed by atoms with Gasteiger partial charge in [0.05, 0.1) is 0 Å². The van der Waals surface area contributed by atoms with Crippen LogP contribution in [0, 0.1) is 0 Å². The molecule has 0 aliphatic carbocycles. The van der Waals surface area contributed by atoms with Gasteiger partial charge in [-0.1, -0.05) is 0 Å². The quantitative estimate of drug-likeness (QED) is 0.498. The first-order chi connectivity index (χ1) is 8.13. The Balaban J connectivity index is 2.05. The van der Waals surface area contributed by atoms with Crippen molar-refractivity contribution in [3.8, 4) is 0 Å². The van der Waals surface area contributed by atoms with E-state index in [-0.39, 0.29) is 6.04 Å². The molecule has 0 aromatic carbocycles. The van der Waals surface area contributed by atoms with Crippen LogP contribution in [-0.4, -0.2) is 36.7 Å². The average molecular weight is 406 g/mol. The van der Waals surface area contributed by atoms with Gasteiger partial charge in [-0.15, -0.1) is 0 Å². The molecule has 0 aromatic rings. The Bertz CT molecular complexity index is 328. The van der Waals surface area contributed by atoms with E-state index in [9.17, 15) is 4.79 Å². The van der Waals surface area contributed by atoms with Crippen LogP contribution in [0.3, 0.4) is 0 Å². The summed E-state index contributed by atoms with van der Waals surface area (Å²) in [5.41, 5.74) is 6.10. The summed E-state index contributed by atoms with van der Waals surface area (Å²) < 4.78 is 2.52. The zero-order chi connectivity index (χ0) is 12.7. The van der Waals surface area contributed by atoms with Crippen LogP contribution >= 0.6 is 15.9 Å². The van der Waals surface area contributed by atoms with Crippen LogP contribution in [0.25, 0.3) is 0 Å². The molecule has 2 radical (unpaired) electrons. The van der Waals surface area contributed by atoms with Gasteiger partial charge >= 0.3 is 122 Å². The molecule has 0 bridgehead atoms. The number of ketones is 1. The third-order valence-corrected chi connectivity index (χ3v) is 7.52. The Labute approximate surface area is 122 Å². The van der Waals surface area contributed by atoms with Crippen molar-refractivity contribution >= 4 is 46.6 Å². The molecule has 0 saturated carbocycles. The van der Waals surface area contributed by atoms with Crippen molar-refractivity contribution in [2.45, 2.75) is 51.5 Å². The van der Waals surface area contributed by atoms with Gasteiger partial charge in [0, 0.05) is 0 Å². The van der Waals surface area contributed by atoms with Crippen molar-refractivity contribution in [3.05, 3.63) is 8.70 Å². The number of hydrogen-bond donors (Lipinski definition) is 1. The van der Waals surface area contributed by atoms with Crippen molar-refractivity contribution in [2.75, 3.05) is 0 Å². The summed E-state index contributed by atoms with van der Waals surface area (Å²) in [5.74, 6) is 0.372. The van der Waals surface area contributed by atoms with Crippen LogP contribution < -0.4 is 5.73 Å². The number of hydrogen-bond acceptors (Lipinski definition) is 3. The number of carbonyl (C=O) groups is 1. The molecule has 2 N–H and O–H groups in total. The predicted molar refractivity (Wildman–Crippen MR) is 76.6 cm³/mol. The maximum absolute atomic E-state index is 11.1. The topological polar surface area (TPSA) is 55.5 Å². The Morgan fingerprint density at radius 2 is 2.29 bits per heavy atom. The van der Waals surface area contributed by atoms with Crippen LogP contribution in [0.4, 0.5) is 0 Å². The standard InChI is InChI=1S/C12H19BrN2O.Sn/c1-2-12(16)7-5-3-4-6-11(14)10-15-9-8-13;/h9,11H,2-7,14H2,1H3;/t11-;/m0./s1. The minimum absolute atomic E-state index is 0.148. The van der Waals surface area contributed by atoms with Crippen molar-refractivity contribution < 1.29 is 4.79 Å². The summed E-state index contributed by atoms with van der Waals surface area (Å²) in [5, 5.41) is 0. The zero-order valence-corrected chi connectivity index (χ0v) is 14.6. The van der Waals surface area contributed by atoms with Gasteiger partial charge < -0.3 is 0 Å². The number of Topliss-reactive ketones (excluding diaryl/α,β-unsaturated/α-hetero) is 1. The van der Waals surface area contributed by atoms with Crippen LogP contribution in [0.5, 0.6) is 0 Å². The van der Waals surface area contributed by atoms with Crippen molar-refractivity contribution in [2.24, 2.45) is 10.7 Å². The summed E-state index contributed by atoms with van der Waals surface area (Å²) in [7, 11) is 0. The number of nitrogens with zero attached hydrogens (tertiary/aromatic N) is 1. The number of nitrogens with two attached hydrogens (primary N) is 1. The molecule has 0 saturated heterocycles. The second-order valence-corrected chi connectivity index (χ2v) is 10.9. The van der Waals surface area contributed by atoms with Gasteiger partial charge in [0.25, 0.3) is 0 Å². The number of rotatable bonds is 8. The van der Waals surface area contributed by atoms with Crippen LogP contribution in [0.2, 0.25) is 0 Å². The van der Waals surface area contributed by atoms with Crippen LogP contribution in [-0.2, 0) is 4.79 Å². The summed E-state index contributed by atoms with van der Waals surface area (Å²) >= 11 is 2.84. The zero-order valence-electron chi connectivity index (χ0n) is 10.2. The summed E-state index contributed by atoms with van der Waals surface area (Å²) in [6, 6.07) is 0.148. The fourth-order valence-electron chi connectivity index (χ4n) is 1.68. The maximum atomic E-state index is 11.1. The Morgan fingerprint density at radius 3 is 2.88 bits per heavy atom. The van der Waals surface area contributed by atoms with Crippen molar-refractivity contribution in [3.63, 3.8) is 0 Å². The van der Waals surface area contributed by atoms with E-state index in [1.807, 2.05) is 13.1 Å². The molecule has 0 aromatic heterocycles. The second kappa shape index (κ2) is 8.43. The van der Waals surface area contributed by atoms with Crippen molar-refractivity contribution in [1.82, 2.24) is 0 Å². The average Bonchev–Trinajstić information content (AvgIpc) is 2.75. The Hall–Kier alpha value is 0.319. The Morgan fingerprint density at radius 1 is 1.53 bits per heavy atom. The molecule has 1 rings (SSSR count). The van der Waals surface area contributed by atoms with E-state index >= 15 is 0 Å². The summed E-state index contributed by atoms with van der Waals surface area (Å²) in [4.78, 5) is 15.5. The van der Waals surface area contributed by atoms with Gasteiger partial charge in [-0.25, -0.2) is 0 Å². The van der Waals surface area contributed by atoms with Gasteiger partial charge in [0.2, 0.25) is 0 Å². The van der Waals surface area contributed by atoms with E-state index in [0.29, 0.717) is 12.2 Å². The molecule has 0 amide bonds. The molecule has 17 heavy (non-hydrogen) atoms. The first-order valence-electron chi connectivity index (χ1n) is 6.11. The molecule has 1 aliphatic rings. The molecule has 0 fully saturated rings. The van der Waals surface area contributed by atoms with E-state index in [2.05, 4.69) is 20.9 Å². The summed E-state index contributed by atoms with van der Waals surface area (Å²) in [6.45, 7) is 1.92. The third-order valence-electron chi connectivity index (χ3n) is 2.78. The monoisotopic (exact) mass is 406 g/mol. The van der Waals surface area contributed by atoms with E-state index in [1.165, 1.54) is 6.23 Å². The number of carbonyl (C=O) groups excluding carboxylic acids is 1. The minimum atomic E-state index is -0.649. The molecule has 1 aliphatic heterocycles. The van der Waals surface area contributed by atoms with E-state index in [4.69, 9.17) is 5.73 Å². The first-order valence-corrected chi connectivity index (χ1v) is 9.76. The molecule has 1 heterocycles. The van der Waals surface area contributed by atoms with Gasteiger partial charge in [0.15, 0.2) is 0 Å². The molecule has 3 nitrogen and oxygen atoms in total. The summed E-state index contributed by atoms with van der Waals surface area (Å²) in [6.07, 6.45) is 7.53. The normalized spacial score (nSPS) is 16.6. The second-order valence-electron chi connectivity index (χ2n) is 4.21. The van der Waals surface area contributed by atoms with Gasteiger partial charge in [0.1, 0.15) is 0 Å². The van der Waals surface area contributed by atoms with Gasteiger partial charge in [-0.05, 0) is 0 Å². The van der Waals surface area contributed by atoms with E-state index in [0.717, 1.165) is 32.1 Å². The predicted octanol–water partition coefficient (Wildman–Crippen LogP) is 2.55. The fraction of sp³-hybridized carbons (Fsp3) is 0.667. The van der Waals surface area contributed by atoms with E-state index < -0.39 is 21.1 Å². The number of halogens is 1. The van der Waals surface area contributed by atoms with Crippen LogP contribution in [0.15, 0.2) is 13.7 Å². The van der Waals surface area contributed by atoms with Crippen molar-refractivity contribution in [1.29, 1.82) is 0 Å². The van der Waals surface area contributed by atoms with E-state index in [1.54, 1.807) is 0 Å². The first kappa shape index (κ1) is 15.4. The molecule has 5 heteroatoms. The fourth-order valence-corrected chi connectivity index (χ4v) is 5.52. The SMILES string of the molecule is CCC(=O)CCCCC[C@H](N)[C]1=NC=[C](Br)[Sn]1. The number of aliphatic imine (C=N–C) groups is 1. The molecular formula is C12H19BrN2OSn. The van der Waals surface area contributed by atoms with Gasteiger partial charge in [-0.2, -0.15) is 0 Å². The molecule has 0 spiro atoms. The molecule has 94 valence electrons. The third kappa shape index (κ3) is 6.15. The molecular weight excluding hydrogens is 387 g/mol.